The summed E-state index contributed by atoms with van der Waals surface area (Å²) in [5.41, 5.74) is 0.722. The second-order valence-corrected chi connectivity index (χ2v) is 6.58. The molecule has 0 unspecified atom stereocenters. The van der Waals surface area contributed by atoms with Crippen molar-refractivity contribution in [2.75, 3.05) is 7.05 Å². The summed E-state index contributed by atoms with van der Waals surface area (Å²) >= 11 is 0. The Balaban J connectivity index is 2.19. The fourth-order valence-electron chi connectivity index (χ4n) is 2.40. The van der Waals surface area contributed by atoms with Crippen LogP contribution in [0, 0.1) is 5.82 Å². The second kappa shape index (κ2) is 5.98. The van der Waals surface area contributed by atoms with E-state index in [0.29, 0.717) is 6.54 Å². The summed E-state index contributed by atoms with van der Waals surface area (Å²) in [6, 6.07) is 4.17. The van der Waals surface area contributed by atoms with Crippen molar-refractivity contribution in [1.82, 2.24) is 10.0 Å². The minimum atomic E-state index is -3.75. The van der Waals surface area contributed by atoms with E-state index in [9.17, 15) is 12.8 Å². The van der Waals surface area contributed by atoms with E-state index >= 15 is 0 Å². The van der Waals surface area contributed by atoms with Gasteiger partial charge in [0.15, 0.2) is 0 Å². The fraction of sp³-hybridized carbons (Fsp3) is 0.538. The molecule has 1 aliphatic carbocycles. The van der Waals surface area contributed by atoms with E-state index in [1.807, 2.05) is 0 Å². The minimum absolute atomic E-state index is 0.0543. The molecule has 1 aromatic carbocycles. The van der Waals surface area contributed by atoms with E-state index in [-0.39, 0.29) is 10.9 Å². The number of hydrogen-bond acceptors (Lipinski definition) is 3. The van der Waals surface area contributed by atoms with Crippen LogP contribution in [0.1, 0.15) is 31.2 Å². The molecule has 19 heavy (non-hydrogen) atoms. The summed E-state index contributed by atoms with van der Waals surface area (Å²) in [5.74, 6) is -0.696. The molecule has 2 N–H and O–H groups in total. The highest BCUT2D eigenvalue weighted by molar-refractivity contribution is 7.89. The molecule has 0 aromatic heterocycles. The average Bonchev–Trinajstić information content (AvgIpc) is 2.81. The van der Waals surface area contributed by atoms with E-state index in [2.05, 4.69) is 10.0 Å². The van der Waals surface area contributed by atoms with Crippen molar-refractivity contribution in [3.63, 3.8) is 0 Å². The lowest BCUT2D eigenvalue weighted by Gasteiger charge is -2.13. The van der Waals surface area contributed by atoms with Gasteiger partial charge in [0.1, 0.15) is 10.7 Å². The third kappa shape index (κ3) is 3.52. The van der Waals surface area contributed by atoms with Crippen molar-refractivity contribution >= 4 is 10.0 Å². The molecule has 1 fully saturated rings. The molecule has 1 saturated carbocycles. The van der Waals surface area contributed by atoms with Crippen molar-refractivity contribution in [2.45, 2.75) is 43.2 Å². The summed E-state index contributed by atoms with van der Waals surface area (Å²) in [6.45, 7) is 0.507. The highest BCUT2D eigenvalue weighted by Gasteiger charge is 2.25. The van der Waals surface area contributed by atoms with E-state index in [0.717, 1.165) is 31.2 Å². The molecule has 0 aliphatic heterocycles. The predicted molar refractivity (Wildman–Crippen MR) is 71.7 cm³/mol. The van der Waals surface area contributed by atoms with Crippen LogP contribution >= 0.6 is 0 Å². The Bertz CT molecular complexity index is 540. The van der Waals surface area contributed by atoms with Crippen LogP contribution in [0.25, 0.3) is 0 Å². The average molecular weight is 286 g/mol. The van der Waals surface area contributed by atoms with Gasteiger partial charge in [0.05, 0.1) is 0 Å². The highest BCUT2D eigenvalue weighted by atomic mass is 32.2. The number of halogens is 1. The Morgan fingerprint density at radius 2 is 2.00 bits per heavy atom. The van der Waals surface area contributed by atoms with Gasteiger partial charge >= 0.3 is 0 Å². The van der Waals surface area contributed by atoms with Crippen molar-refractivity contribution in [3.8, 4) is 0 Å². The Hall–Kier alpha value is -0.980. The second-order valence-electron chi connectivity index (χ2n) is 4.90. The normalized spacial score (nSPS) is 16.9. The lowest BCUT2D eigenvalue weighted by molar-refractivity contribution is 0.536. The molecule has 1 aromatic rings. The fourth-order valence-corrected chi connectivity index (χ4v) is 3.77. The van der Waals surface area contributed by atoms with Crippen LogP contribution in [0.3, 0.4) is 0 Å². The summed E-state index contributed by atoms with van der Waals surface area (Å²) in [6.07, 6.45) is 3.71. The Morgan fingerprint density at radius 3 is 2.58 bits per heavy atom. The number of rotatable bonds is 5. The maximum atomic E-state index is 13.9. The quantitative estimate of drug-likeness (QED) is 0.867. The van der Waals surface area contributed by atoms with Crippen LogP contribution in [-0.4, -0.2) is 21.5 Å². The number of benzene rings is 1. The van der Waals surface area contributed by atoms with Crippen LogP contribution in [0.2, 0.25) is 0 Å². The van der Waals surface area contributed by atoms with Crippen molar-refractivity contribution in [1.29, 1.82) is 0 Å². The third-order valence-corrected chi connectivity index (χ3v) is 4.90. The summed E-state index contributed by atoms with van der Waals surface area (Å²) in [7, 11) is -2.00. The summed E-state index contributed by atoms with van der Waals surface area (Å²) < 4.78 is 40.7. The number of hydrogen-bond donors (Lipinski definition) is 2. The zero-order chi connectivity index (χ0) is 13.9. The van der Waals surface area contributed by atoms with Gasteiger partial charge in [-0.25, -0.2) is 17.5 Å². The molecule has 1 aliphatic rings. The van der Waals surface area contributed by atoms with Crippen LogP contribution in [0.4, 0.5) is 4.39 Å². The third-order valence-electron chi connectivity index (χ3n) is 3.34. The van der Waals surface area contributed by atoms with Gasteiger partial charge < -0.3 is 5.32 Å². The first kappa shape index (κ1) is 14.4. The first-order chi connectivity index (χ1) is 9.03. The first-order valence-corrected chi connectivity index (χ1v) is 7.96. The van der Waals surface area contributed by atoms with E-state index in [1.54, 1.807) is 13.1 Å². The molecule has 0 spiro atoms. The standard InChI is InChI=1S/C13H19FN2O2S/c1-15-9-10-6-7-13(12(14)8-10)19(17,18)16-11-4-2-3-5-11/h6-8,11,15-16H,2-5,9H2,1H3. The maximum absolute atomic E-state index is 13.9. The predicted octanol–water partition coefficient (Wildman–Crippen LogP) is 1.77. The lowest BCUT2D eigenvalue weighted by Crippen LogP contribution is -2.33. The molecular weight excluding hydrogens is 267 g/mol. The SMILES string of the molecule is CNCc1ccc(S(=O)(=O)NC2CCCC2)c(F)c1. The van der Waals surface area contributed by atoms with Crippen molar-refractivity contribution in [3.05, 3.63) is 29.6 Å². The Labute approximate surface area is 113 Å². The van der Waals surface area contributed by atoms with Crippen LogP contribution in [-0.2, 0) is 16.6 Å². The van der Waals surface area contributed by atoms with E-state index < -0.39 is 15.8 Å². The van der Waals surface area contributed by atoms with Gasteiger partial charge in [-0.2, -0.15) is 0 Å². The first-order valence-electron chi connectivity index (χ1n) is 6.48. The monoisotopic (exact) mass is 286 g/mol. The molecule has 2 rings (SSSR count). The van der Waals surface area contributed by atoms with Gasteiger partial charge in [-0.15, -0.1) is 0 Å². The van der Waals surface area contributed by atoms with Gasteiger partial charge in [0, 0.05) is 12.6 Å². The molecule has 0 radical (unpaired) electrons. The van der Waals surface area contributed by atoms with Crippen LogP contribution < -0.4 is 10.0 Å². The smallest absolute Gasteiger partial charge is 0.243 e. The Kier molecular flexibility index (Phi) is 4.54. The van der Waals surface area contributed by atoms with Gasteiger partial charge in [0.2, 0.25) is 10.0 Å². The largest absolute Gasteiger partial charge is 0.316 e. The summed E-state index contributed by atoms with van der Waals surface area (Å²) in [4.78, 5) is -0.265. The molecule has 6 heteroatoms. The number of sulfonamides is 1. The highest BCUT2D eigenvalue weighted by Crippen LogP contribution is 2.22. The molecule has 0 heterocycles. The summed E-state index contributed by atoms with van der Waals surface area (Å²) in [5, 5.41) is 2.90. The minimum Gasteiger partial charge on any atom is -0.316 e. The molecule has 0 saturated heterocycles. The van der Waals surface area contributed by atoms with E-state index in [4.69, 9.17) is 0 Å². The molecule has 4 nitrogen and oxygen atoms in total. The van der Waals surface area contributed by atoms with Gasteiger partial charge in [-0.05, 0) is 37.6 Å². The zero-order valence-corrected chi connectivity index (χ0v) is 11.8. The number of nitrogens with one attached hydrogen (secondary N) is 2. The molecular formula is C13H19FN2O2S. The molecule has 0 bridgehead atoms. The van der Waals surface area contributed by atoms with Gasteiger partial charge in [-0.3, -0.25) is 0 Å². The van der Waals surface area contributed by atoms with Crippen LogP contribution in [0.5, 0.6) is 0 Å². The lowest BCUT2D eigenvalue weighted by atomic mass is 10.2. The molecule has 106 valence electrons. The van der Waals surface area contributed by atoms with Gasteiger partial charge in [0.25, 0.3) is 0 Å². The van der Waals surface area contributed by atoms with Gasteiger partial charge in [-0.1, -0.05) is 18.9 Å². The topological polar surface area (TPSA) is 58.2 Å². The van der Waals surface area contributed by atoms with Crippen LogP contribution in [0.15, 0.2) is 23.1 Å². The van der Waals surface area contributed by atoms with E-state index in [1.165, 1.54) is 12.1 Å². The zero-order valence-electron chi connectivity index (χ0n) is 10.9. The molecule has 0 atom stereocenters. The van der Waals surface area contributed by atoms with Crippen molar-refractivity contribution in [2.24, 2.45) is 0 Å². The molecule has 0 amide bonds. The maximum Gasteiger partial charge on any atom is 0.243 e. The Morgan fingerprint density at radius 1 is 1.32 bits per heavy atom. The van der Waals surface area contributed by atoms with Crippen molar-refractivity contribution < 1.29 is 12.8 Å².